The molecule has 3 rings (SSSR count). The van der Waals surface area contributed by atoms with Gasteiger partial charge >= 0.3 is 0 Å². The van der Waals surface area contributed by atoms with Crippen molar-refractivity contribution < 1.29 is 14.9 Å². The Morgan fingerprint density at radius 2 is 2.21 bits per heavy atom. The van der Waals surface area contributed by atoms with E-state index in [4.69, 9.17) is 17.0 Å². The lowest BCUT2D eigenvalue weighted by Gasteiger charge is -2.17. The number of H-pyrrole nitrogens is 1. The summed E-state index contributed by atoms with van der Waals surface area (Å²) in [4.78, 5) is 7.06. The molecule has 3 heterocycles. The zero-order valence-corrected chi connectivity index (χ0v) is 12.9. The second-order valence-corrected chi connectivity index (χ2v) is 6.08. The van der Waals surface area contributed by atoms with E-state index in [0.29, 0.717) is 4.64 Å². The van der Waals surface area contributed by atoms with E-state index in [1.165, 1.54) is 6.33 Å². The highest BCUT2D eigenvalue weighted by Crippen LogP contribution is 2.33. The molecule has 0 saturated carbocycles. The van der Waals surface area contributed by atoms with Gasteiger partial charge in [0, 0.05) is 9.77 Å². The normalized spacial score (nSPS) is 31.2. The number of hydrogen-bond donors (Lipinski definition) is 3. The summed E-state index contributed by atoms with van der Waals surface area (Å²) in [7, 11) is 0. The van der Waals surface area contributed by atoms with E-state index in [-0.39, 0.29) is 0 Å². The van der Waals surface area contributed by atoms with Gasteiger partial charge in [0.1, 0.15) is 22.5 Å². The van der Waals surface area contributed by atoms with Gasteiger partial charge in [0.25, 0.3) is 0 Å². The molecule has 1 aliphatic heterocycles. The lowest BCUT2D eigenvalue weighted by atomic mass is 10.1. The second-order valence-electron chi connectivity index (χ2n) is 4.53. The number of halogens is 1. The molecule has 3 N–H and O–H groups in total. The molecule has 0 bridgehead atoms. The van der Waals surface area contributed by atoms with Gasteiger partial charge < -0.3 is 24.5 Å². The number of hydrogen-bond acceptors (Lipinski definition) is 5. The van der Waals surface area contributed by atoms with Crippen LogP contribution in [0.5, 0.6) is 0 Å². The highest BCUT2D eigenvalue weighted by Gasteiger charge is 2.41. The number of nitrogens with one attached hydrogen (secondary N) is 1. The molecule has 1 saturated heterocycles. The van der Waals surface area contributed by atoms with E-state index in [1.807, 2.05) is 6.20 Å². The predicted octanol–water partition coefficient (Wildman–Crippen LogP) is 1.34. The van der Waals surface area contributed by atoms with Crippen molar-refractivity contribution in [3.05, 3.63) is 20.7 Å². The Morgan fingerprint density at radius 3 is 2.84 bits per heavy atom. The average molecular weight is 393 g/mol. The first-order valence-corrected chi connectivity index (χ1v) is 7.24. The fraction of sp³-hybridized carbons (Fsp3) is 0.455. The quantitative estimate of drug-likeness (QED) is 0.503. The summed E-state index contributed by atoms with van der Waals surface area (Å²) in [6, 6.07) is 0. The van der Waals surface area contributed by atoms with Gasteiger partial charge in [-0.25, -0.2) is 4.98 Å². The number of nitrogens with zero attached hydrogens (tertiary/aromatic N) is 2. The average Bonchev–Trinajstić information content (AvgIpc) is 2.83. The van der Waals surface area contributed by atoms with E-state index in [9.17, 15) is 10.2 Å². The van der Waals surface area contributed by atoms with Crippen LogP contribution in [0.3, 0.4) is 0 Å². The molecule has 102 valence electrons. The predicted molar refractivity (Wildman–Crippen MR) is 79.2 cm³/mol. The van der Waals surface area contributed by atoms with Gasteiger partial charge in [-0.2, -0.15) is 0 Å². The third-order valence-electron chi connectivity index (χ3n) is 3.33. The maximum Gasteiger partial charge on any atom is 0.164 e. The Bertz CT molecular complexity index is 685. The van der Waals surface area contributed by atoms with Gasteiger partial charge in [-0.05, 0) is 29.5 Å². The van der Waals surface area contributed by atoms with Crippen LogP contribution in [-0.2, 0) is 4.74 Å². The minimum Gasteiger partial charge on any atom is -0.388 e. The molecule has 0 aromatic carbocycles. The molecule has 2 aromatic rings. The smallest absolute Gasteiger partial charge is 0.164 e. The minimum absolute atomic E-state index is 0.417. The van der Waals surface area contributed by atoms with Crippen LogP contribution in [0.25, 0.3) is 11.0 Å². The van der Waals surface area contributed by atoms with Gasteiger partial charge in [0.05, 0.1) is 17.8 Å². The van der Waals surface area contributed by atoms with Crippen molar-refractivity contribution in [1.82, 2.24) is 14.5 Å². The van der Waals surface area contributed by atoms with Crippen molar-refractivity contribution in [3.8, 4) is 0 Å². The Morgan fingerprint density at radius 1 is 1.47 bits per heavy atom. The van der Waals surface area contributed by atoms with Crippen LogP contribution in [0.2, 0.25) is 0 Å². The Balaban J connectivity index is 2.17. The molecule has 1 aliphatic rings. The van der Waals surface area contributed by atoms with Crippen molar-refractivity contribution in [2.45, 2.75) is 31.5 Å². The number of aliphatic hydroxyl groups is 2. The van der Waals surface area contributed by atoms with E-state index < -0.39 is 24.5 Å². The van der Waals surface area contributed by atoms with Crippen LogP contribution in [-0.4, -0.2) is 43.1 Å². The molecule has 0 radical (unpaired) electrons. The van der Waals surface area contributed by atoms with Crippen molar-refractivity contribution in [3.63, 3.8) is 0 Å². The van der Waals surface area contributed by atoms with E-state index in [0.717, 1.165) is 14.6 Å². The molecular weight excluding hydrogens is 381 g/mol. The van der Waals surface area contributed by atoms with Crippen LogP contribution < -0.4 is 0 Å². The van der Waals surface area contributed by atoms with E-state index >= 15 is 0 Å². The molecule has 0 spiro atoms. The number of aromatic nitrogens is 3. The maximum absolute atomic E-state index is 10.1. The summed E-state index contributed by atoms with van der Waals surface area (Å²) >= 11 is 7.36. The highest BCUT2D eigenvalue weighted by molar-refractivity contribution is 14.1. The molecule has 1 unspecified atom stereocenters. The second kappa shape index (κ2) is 4.77. The lowest BCUT2D eigenvalue weighted by Crippen LogP contribution is -2.30. The van der Waals surface area contributed by atoms with Gasteiger partial charge in [-0.1, -0.05) is 12.2 Å². The summed E-state index contributed by atoms with van der Waals surface area (Å²) in [5.74, 6) is 0. The molecule has 0 aliphatic carbocycles. The van der Waals surface area contributed by atoms with Crippen LogP contribution >= 0.6 is 34.8 Å². The molecule has 2 aromatic heterocycles. The number of aromatic amines is 1. The molecule has 8 heteroatoms. The highest BCUT2D eigenvalue weighted by atomic mass is 127. The first-order chi connectivity index (χ1) is 9.00. The largest absolute Gasteiger partial charge is 0.388 e. The lowest BCUT2D eigenvalue weighted by molar-refractivity contribution is -0.0297. The monoisotopic (exact) mass is 393 g/mol. The molecule has 4 atom stereocenters. The van der Waals surface area contributed by atoms with Gasteiger partial charge in [0.2, 0.25) is 0 Å². The van der Waals surface area contributed by atoms with Crippen molar-refractivity contribution >= 4 is 45.8 Å². The Kier molecular flexibility index (Phi) is 3.38. The Labute approximate surface area is 127 Å². The number of rotatable bonds is 1. The van der Waals surface area contributed by atoms with Gasteiger partial charge in [0.15, 0.2) is 6.23 Å². The van der Waals surface area contributed by atoms with Crippen LogP contribution in [0, 0.1) is 8.21 Å². The van der Waals surface area contributed by atoms with Crippen molar-refractivity contribution in [2.75, 3.05) is 0 Å². The van der Waals surface area contributed by atoms with E-state index in [2.05, 4.69) is 32.6 Å². The third-order valence-corrected chi connectivity index (χ3v) is 4.46. The molecular formula is C11H12IN3O3S. The van der Waals surface area contributed by atoms with Crippen LogP contribution in [0.15, 0.2) is 12.5 Å². The topological polar surface area (TPSA) is 83.3 Å². The van der Waals surface area contributed by atoms with E-state index in [1.54, 1.807) is 11.5 Å². The summed E-state index contributed by atoms with van der Waals surface area (Å²) < 4.78 is 8.80. The fourth-order valence-corrected chi connectivity index (χ4v) is 3.57. The zero-order chi connectivity index (χ0) is 13.7. The summed E-state index contributed by atoms with van der Waals surface area (Å²) in [5, 5.41) is 20.7. The molecule has 6 nitrogen and oxygen atoms in total. The first kappa shape index (κ1) is 13.4. The SMILES string of the molecule is C[C@H]1OC(n2cc(I)c3c(=S)nc[nH]c32)[C@H](O)[C@@H]1O. The number of fused-ring (bicyclic) bond motifs is 1. The van der Waals surface area contributed by atoms with Crippen molar-refractivity contribution in [2.24, 2.45) is 0 Å². The minimum atomic E-state index is -0.975. The number of ether oxygens (including phenoxy) is 1. The number of aliphatic hydroxyl groups excluding tert-OH is 2. The fourth-order valence-electron chi connectivity index (χ4n) is 2.32. The maximum atomic E-state index is 10.1. The Hall–Kier alpha value is -0.550. The van der Waals surface area contributed by atoms with Crippen LogP contribution in [0.4, 0.5) is 0 Å². The summed E-state index contributed by atoms with van der Waals surface area (Å²) in [5.41, 5.74) is 0.731. The van der Waals surface area contributed by atoms with Gasteiger partial charge in [-0.15, -0.1) is 0 Å². The molecule has 19 heavy (non-hydrogen) atoms. The summed E-state index contributed by atoms with van der Waals surface area (Å²) in [6.07, 6.45) is 0.418. The third kappa shape index (κ3) is 2.02. The molecule has 0 amide bonds. The summed E-state index contributed by atoms with van der Waals surface area (Å²) in [6.45, 7) is 1.73. The zero-order valence-electron chi connectivity index (χ0n) is 9.95. The van der Waals surface area contributed by atoms with Crippen LogP contribution in [0.1, 0.15) is 13.2 Å². The standard InChI is InChI=1S/C11H12IN3O3S/c1-4-7(16)8(17)11(18-4)15-2-5(12)6-9(15)13-3-14-10(6)19/h2-4,7-8,11,16-17H,1H3,(H,13,14,19)/t4-,7-,8-,11?/m1/s1. The molecule has 1 fully saturated rings. The first-order valence-electron chi connectivity index (χ1n) is 5.76. The van der Waals surface area contributed by atoms with Crippen molar-refractivity contribution in [1.29, 1.82) is 0 Å². The van der Waals surface area contributed by atoms with Gasteiger partial charge in [-0.3, -0.25) is 0 Å².